The predicted molar refractivity (Wildman–Crippen MR) is 65.0 cm³/mol. The molecule has 0 bridgehead atoms. The number of halogens is 3. The first-order chi connectivity index (χ1) is 8.48. The summed E-state index contributed by atoms with van der Waals surface area (Å²) in [6.45, 7) is 4.12. The van der Waals surface area contributed by atoms with Crippen LogP contribution >= 0.6 is 0 Å². The Labute approximate surface area is 111 Å². The molecule has 0 N–H and O–H groups in total. The summed E-state index contributed by atoms with van der Waals surface area (Å²) in [4.78, 5) is 13.0. The lowest BCUT2D eigenvalue weighted by Gasteiger charge is -2.26. The fraction of sp³-hybridized carbons (Fsp3) is 0.900. The smallest absolute Gasteiger partial charge is 0.342 e. The van der Waals surface area contributed by atoms with Gasteiger partial charge in [-0.15, -0.1) is 0 Å². The molecule has 0 aromatic rings. The number of alkyl halides is 3. The number of hydrogen-bond acceptors (Lipinski definition) is 3. The molecule has 0 spiro atoms. The van der Waals surface area contributed by atoms with Gasteiger partial charge in [-0.2, -0.15) is 17.5 Å². The Morgan fingerprint density at radius 1 is 1.21 bits per heavy atom. The molecule has 0 aliphatic heterocycles. The Kier molecular flexibility index (Phi) is 6.27. The van der Waals surface area contributed by atoms with Crippen molar-refractivity contribution in [3.63, 3.8) is 0 Å². The number of likely N-dealkylation sites (N-methyl/N-ethyl adjacent to an activating group) is 2. The van der Waals surface area contributed by atoms with Crippen LogP contribution in [0.15, 0.2) is 0 Å². The first-order valence-corrected chi connectivity index (χ1v) is 7.28. The zero-order chi connectivity index (χ0) is 15.4. The molecule has 9 heteroatoms. The van der Waals surface area contributed by atoms with Gasteiger partial charge < -0.3 is 4.90 Å². The van der Waals surface area contributed by atoms with E-state index in [9.17, 15) is 26.4 Å². The van der Waals surface area contributed by atoms with Gasteiger partial charge in [0.05, 0.1) is 6.54 Å². The standard InChI is InChI=1S/C10H19F3N2O3S/c1-5-15(6-2)9(16)7-14(4)19(17,18)8(3)10(11,12)13/h8H,5-7H2,1-4H3/t8-/m0/s1. The highest BCUT2D eigenvalue weighted by Gasteiger charge is 2.47. The maximum atomic E-state index is 12.4. The molecular formula is C10H19F3N2O3S. The summed E-state index contributed by atoms with van der Waals surface area (Å²) in [5.41, 5.74) is 0. The second kappa shape index (κ2) is 6.56. The van der Waals surface area contributed by atoms with E-state index in [1.807, 2.05) is 0 Å². The van der Waals surface area contributed by atoms with Crippen molar-refractivity contribution in [2.75, 3.05) is 26.7 Å². The fourth-order valence-electron chi connectivity index (χ4n) is 1.40. The van der Waals surface area contributed by atoms with Gasteiger partial charge in [-0.05, 0) is 20.8 Å². The number of amides is 1. The molecule has 0 heterocycles. The summed E-state index contributed by atoms with van der Waals surface area (Å²) in [7, 11) is -3.61. The van der Waals surface area contributed by atoms with E-state index < -0.39 is 33.9 Å². The van der Waals surface area contributed by atoms with Crippen molar-refractivity contribution in [3.8, 4) is 0 Å². The van der Waals surface area contributed by atoms with Crippen LogP contribution in [-0.4, -0.2) is 61.6 Å². The quantitative estimate of drug-likeness (QED) is 0.737. The van der Waals surface area contributed by atoms with Crippen LogP contribution in [0.3, 0.4) is 0 Å². The minimum atomic E-state index is -4.86. The molecule has 0 aliphatic carbocycles. The molecule has 0 rings (SSSR count). The Morgan fingerprint density at radius 3 is 1.95 bits per heavy atom. The van der Waals surface area contributed by atoms with Crippen LogP contribution in [0.4, 0.5) is 13.2 Å². The average molecular weight is 304 g/mol. The molecule has 1 amide bonds. The van der Waals surface area contributed by atoms with Crippen LogP contribution in [0, 0.1) is 0 Å². The second-order valence-corrected chi connectivity index (χ2v) is 6.41. The minimum absolute atomic E-state index is 0.373. The lowest BCUT2D eigenvalue weighted by Crippen LogP contribution is -2.47. The van der Waals surface area contributed by atoms with E-state index in [2.05, 4.69) is 0 Å². The van der Waals surface area contributed by atoms with E-state index in [0.29, 0.717) is 24.3 Å². The van der Waals surface area contributed by atoms with Crippen LogP contribution in [0.1, 0.15) is 20.8 Å². The third-order valence-corrected chi connectivity index (χ3v) is 4.98. The number of carbonyl (C=O) groups excluding carboxylic acids is 1. The van der Waals surface area contributed by atoms with Crippen molar-refractivity contribution < 1.29 is 26.4 Å². The van der Waals surface area contributed by atoms with Gasteiger partial charge in [0.25, 0.3) is 0 Å². The highest BCUT2D eigenvalue weighted by atomic mass is 32.2. The first kappa shape index (κ1) is 18.2. The molecule has 0 saturated carbocycles. The molecular weight excluding hydrogens is 285 g/mol. The normalized spacial score (nSPS) is 14.5. The zero-order valence-electron chi connectivity index (χ0n) is 11.4. The van der Waals surface area contributed by atoms with E-state index in [-0.39, 0.29) is 0 Å². The Bertz CT molecular complexity index is 405. The van der Waals surface area contributed by atoms with Gasteiger partial charge in [0, 0.05) is 20.1 Å². The Balaban J connectivity index is 4.93. The highest BCUT2D eigenvalue weighted by Crippen LogP contribution is 2.27. The third kappa shape index (κ3) is 4.64. The average Bonchev–Trinajstić information content (AvgIpc) is 2.28. The molecule has 0 radical (unpaired) electrons. The molecule has 1 atom stereocenters. The Hall–Kier alpha value is -0.830. The van der Waals surface area contributed by atoms with Gasteiger partial charge in [0.1, 0.15) is 0 Å². The minimum Gasteiger partial charge on any atom is -0.342 e. The summed E-state index contributed by atoms with van der Waals surface area (Å²) < 4.78 is 61.0. The second-order valence-electron chi connectivity index (χ2n) is 4.05. The number of nitrogens with zero attached hydrogens (tertiary/aromatic N) is 2. The molecule has 114 valence electrons. The monoisotopic (exact) mass is 304 g/mol. The van der Waals surface area contributed by atoms with E-state index in [4.69, 9.17) is 0 Å². The number of rotatable bonds is 6. The van der Waals surface area contributed by atoms with Gasteiger partial charge in [-0.3, -0.25) is 4.79 Å². The predicted octanol–water partition coefficient (Wildman–Crippen LogP) is 1.07. The van der Waals surface area contributed by atoms with Crippen LogP contribution in [0.5, 0.6) is 0 Å². The van der Waals surface area contributed by atoms with Crippen LogP contribution in [-0.2, 0) is 14.8 Å². The number of hydrogen-bond donors (Lipinski definition) is 0. The van der Waals surface area contributed by atoms with Gasteiger partial charge >= 0.3 is 6.18 Å². The van der Waals surface area contributed by atoms with Crippen molar-refractivity contribution in [3.05, 3.63) is 0 Å². The lowest BCUT2D eigenvalue weighted by molar-refractivity contribution is -0.132. The van der Waals surface area contributed by atoms with E-state index >= 15 is 0 Å². The van der Waals surface area contributed by atoms with Gasteiger partial charge in [0.2, 0.25) is 15.9 Å². The van der Waals surface area contributed by atoms with Gasteiger partial charge in [0.15, 0.2) is 5.25 Å². The summed E-state index contributed by atoms with van der Waals surface area (Å²) in [5, 5.41) is -2.53. The number of carbonyl (C=O) groups is 1. The molecule has 0 aromatic heterocycles. The SMILES string of the molecule is CCN(CC)C(=O)CN(C)S(=O)(=O)[C@@H](C)C(F)(F)F. The largest absolute Gasteiger partial charge is 0.406 e. The van der Waals surface area contributed by atoms with Crippen LogP contribution in [0.2, 0.25) is 0 Å². The van der Waals surface area contributed by atoms with Crippen molar-refractivity contribution in [1.29, 1.82) is 0 Å². The first-order valence-electron chi connectivity index (χ1n) is 5.78. The van der Waals surface area contributed by atoms with Gasteiger partial charge in [-0.1, -0.05) is 0 Å². The third-order valence-electron chi connectivity index (χ3n) is 2.82. The van der Waals surface area contributed by atoms with Crippen molar-refractivity contribution in [2.24, 2.45) is 0 Å². The molecule has 19 heavy (non-hydrogen) atoms. The van der Waals surface area contributed by atoms with Gasteiger partial charge in [-0.25, -0.2) is 8.42 Å². The van der Waals surface area contributed by atoms with E-state index in [1.165, 1.54) is 4.90 Å². The van der Waals surface area contributed by atoms with Crippen LogP contribution < -0.4 is 0 Å². The molecule has 0 aromatic carbocycles. The highest BCUT2D eigenvalue weighted by molar-refractivity contribution is 7.89. The van der Waals surface area contributed by atoms with Crippen molar-refractivity contribution in [1.82, 2.24) is 9.21 Å². The summed E-state index contributed by atoms with van der Waals surface area (Å²) in [6, 6.07) is 0. The summed E-state index contributed by atoms with van der Waals surface area (Å²) in [5.74, 6) is -0.523. The maximum Gasteiger partial charge on any atom is 0.406 e. The topological polar surface area (TPSA) is 57.7 Å². The molecule has 0 saturated heterocycles. The molecule has 0 unspecified atom stereocenters. The Morgan fingerprint density at radius 2 is 1.63 bits per heavy atom. The van der Waals surface area contributed by atoms with Crippen molar-refractivity contribution in [2.45, 2.75) is 32.2 Å². The molecule has 0 aliphatic rings. The molecule has 0 fully saturated rings. The van der Waals surface area contributed by atoms with Crippen molar-refractivity contribution >= 4 is 15.9 Å². The van der Waals surface area contributed by atoms with E-state index in [1.54, 1.807) is 13.8 Å². The maximum absolute atomic E-state index is 12.4. The van der Waals surface area contributed by atoms with Crippen LogP contribution in [0.25, 0.3) is 0 Å². The summed E-state index contributed by atoms with van der Waals surface area (Å²) in [6.07, 6.45) is -4.86. The lowest BCUT2D eigenvalue weighted by atomic mass is 10.4. The molecule has 5 nitrogen and oxygen atoms in total. The summed E-state index contributed by atoms with van der Waals surface area (Å²) >= 11 is 0. The fourth-order valence-corrected chi connectivity index (χ4v) is 2.56. The zero-order valence-corrected chi connectivity index (χ0v) is 12.2. The number of sulfonamides is 1. The van der Waals surface area contributed by atoms with E-state index in [0.717, 1.165) is 7.05 Å².